The van der Waals surface area contributed by atoms with Crippen molar-refractivity contribution in [2.24, 2.45) is 5.73 Å². The highest BCUT2D eigenvalue weighted by Gasteiger charge is 2.26. The molecule has 2 fully saturated rings. The highest BCUT2D eigenvalue weighted by atomic mass is 32.1. The van der Waals surface area contributed by atoms with Gasteiger partial charge in [0.25, 0.3) is 0 Å². The number of hydrogen-bond acceptors (Lipinski definition) is 3. The fraction of sp³-hybridized carbons (Fsp3) is 0.929. The molecule has 0 saturated carbocycles. The molecule has 2 saturated heterocycles. The van der Waals surface area contributed by atoms with Gasteiger partial charge in [-0.15, -0.1) is 0 Å². The lowest BCUT2D eigenvalue weighted by Gasteiger charge is -2.38. The Morgan fingerprint density at radius 3 is 2.61 bits per heavy atom. The molecular weight excluding hydrogens is 242 g/mol. The van der Waals surface area contributed by atoms with Crippen molar-refractivity contribution in [1.82, 2.24) is 9.80 Å². The third-order valence-corrected chi connectivity index (χ3v) is 4.89. The maximum Gasteiger partial charge on any atom is 0.0902 e. The third kappa shape index (κ3) is 3.65. The Morgan fingerprint density at radius 1 is 1.17 bits per heavy atom. The van der Waals surface area contributed by atoms with Crippen LogP contribution in [0.15, 0.2) is 0 Å². The Balaban J connectivity index is 1.81. The van der Waals surface area contributed by atoms with Gasteiger partial charge in [-0.2, -0.15) is 0 Å². The number of likely N-dealkylation sites (tertiary alicyclic amines) is 2. The summed E-state index contributed by atoms with van der Waals surface area (Å²) in [5, 5.41) is 0. The molecule has 0 aliphatic carbocycles. The van der Waals surface area contributed by atoms with Crippen molar-refractivity contribution in [2.45, 2.75) is 57.0 Å². The first-order valence-electron chi connectivity index (χ1n) is 7.42. The summed E-state index contributed by atoms with van der Waals surface area (Å²) in [7, 11) is 2.27. The van der Waals surface area contributed by atoms with Crippen molar-refractivity contribution >= 4 is 17.2 Å². The zero-order valence-corrected chi connectivity index (χ0v) is 12.4. The summed E-state index contributed by atoms with van der Waals surface area (Å²) < 4.78 is 0. The minimum Gasteiger partial charge on any atom is -0.392 e. The second-order valence-electron chi connectivity index (χ2n) is 5.87. The topological polar surface area (TPSA) is 32.5 Å². The lowest BCUT2D eigenvalue weighted by atomic mass is 9.97. The van der Waals surface area contributed by atoms with E-state index in [1.807, 2.05) is 0 Å². The molecule has 0 aromatic rings. The summed E-state index contributed by atoms with van der Waals surface area (Å²) in [5.41, 5.74) is 5.87. The van der Waals surface area contributed by atoms with E-state index in [0.29, 0.717) is 11.0 Å². The Kier molecular flexibility index (Phi) is 5.39. The van der Waals surface area contributed by atoms with Gasteiger partial charge < -0.3 is 10.6 Å². The van der Waals surface area contributed by atoms with E-state index in [-0.39, 0.29) is 0 Å². The molecule has 18 heavy (non-hydrogen) atoms. The molecule has 0 aromatic heterocycles. The molecule has 2 rings (SSSR count). The van der Waals surface area contributed by atoms with Gasteiger partial charge in [-0.1, -0.05) is 25.1 Å². The molecule has 2 atom stereocenters. The second-order valence-corrected chi connectivity index (χ2v) is 6.34. The van der Waals surface area contributed by atoms with Gasteiger partial charge in [0.1, 0.15) is 0 Å². The summed E-state index contributed by atoms with van der Waals surface area (Å²) in [6.07, 6.45) is 9.15. The fourth-order valence-electron chi connectivity index (χ4n) is 3.40. The molecule has 2 N–H and O–H groups in total. The molecule has 2 aliphatic heterocycles. The Hall–Kier alpha value is -0.190. The van der Waals surface area contributed by atoms with Gasteiger partial charge in [0.2, 0.25) is 0 Å². The predicted octanol–water partition coefficient (Wildman–Crippen LogP) is 2.00. The fourth-order valence-corrected chi connectivity index (χ4v) is 3.67. The quantitative estimate of drug-likeness (QED) is 0.791. The van der Waals surface area contributed by atoms with Gasteiger partial charge in [-0.25, -0.2) is 0 Å². The second kappa shape index (κ2) is 6.83. The summed E-state index contributed by atoms with van der Waals surface area (Å²) >= 11 is 5.21. The van der Waals surface area contributed by atoms with Gasteiger partial charge in [-0.05, 0) is 52.2 Å². The Morgan fingerprint density at radius 2 is 1.89 bits per heavy atom. The van der Waals surface area contributed by atoms with Crippen molar-refractivity contribution in [3.05, 3.63) is 0 Å². The van der Waals surface area contributed by atoms with E-state index in [4.69, 9.17) is 18.0 Å². The number of piperidine rings is 2. The van der Waals surface area contributed by atoms with Gasteiger partial charge >= 0.3 is 0 Å². The largest absolute Gasteiger partial charge is 0.392 e. The van der Waals surface area contributed by atoms with Crippen LogP contribution in [0.5, 0.6) is 0 Å². The number of thiocarbonyl (C=S) groups is 1. The minimum absolute atomic E-state index is 0.364. The van der Waals surface area contributed by atoms with Crippen molar-refractivity contribution in [3.63, 3.8) is 0 Å². The monoisotopic (exact) mass is 269 g/mol. The molecule has 4 heteroatoms. The summed E-state index contributed by atoms with van der Waals surface area (Å²) in [4.78, 5) is 5.75. The maximum atomic E-state index is 5.87. The number of nitrogens with zero attached hydrogens (tertiary/aromatic N) is 2. The molecule has 0 bridgehead atoms. The molecule has 3 nitrogen and oxygen atoms in total. The summed E-state index contributed by atoms with van der Waals surface area (Å²) in [5.74, 6) is 0. The third-order valence-electron chi connectivity index (χ3n) is 4.61. The molecule has 2 unspecified atom stereocenters. The average Bonchev–Trinajstić information content (AvgIpc) is 2.38. The molecule has 2 heterocycles. The first-order chi connectivity index (χ1) is 8.68. The van der Waals surface area contributed by atoms with Crippen LogP contribution in [0.1, 0.15) is 44.9 Å². The molecule has 0 spiro atoms. The Bertz CT molecular complexity index is 282. The van der Waals surface area contributed by atoms with Crippen LogP contribution < -0.4 is 5.73 Å². The number of hydrogen-bond donors (Lipinski definition) is 1. The van der Waals surface area contributed by atoms with Crippen LogP contribution in [0, 0.1) is 0 Å². The molecule has 0 aromatic carbocycles. The van der Waals surface area contributed by atoms with Crippen LogP contribution in [0.4, 0.5) is 0 Å². The maximum absolute atomic E-state index is 5.87. The van der Waals surface area contributed by atoms with E-state index in [9.17, 15) is 0 Å². The van der Waals surface area contributed by atoms with Crippen LogP contribution >= 0.6 is 12.2 Å². The standard InChI is InChI=1S/C14H27N3S/c1-16-9-4-2-6-12(16)8-11-17-10-5-3-7-13(17)14(15)18/h12-13H,2-11H2,1H3,(H2,15,18). The Labute approximate surface area is 117 Å². The van der Waals surface area contributed by atoms with Crippen LogP contribution in [0.2, 0.25) is 0 Å². The average molecular weight is 269 g/mol. The summed E-state index contributed by atoms with van der Waals surface area (Å²) in [6, 6.07) is 1.13. The van der Waals surface area contributed by atoms with Crippen LogP contribution in [-0.4, -0.2) is 53.6 Å². The molecular formula is C14H27N3S. The highest BCUT2D eigenvalue weighted by molar-refractivity contribution is 7.80. The van der Waals surface area contributed by atoms with Crippen LogP contribution in [0.3, 0.4) is 0 Å². The van der Waals surface area contributed by atoms with Crippen LogP contribution in [-0.2, 0) is 0 Å². The van der Waals surface area contributed by atoms with Gasteiger partial charge in [0.15, 0.2) is 0 Å². The first-order valence-corrected chi connectivity index (χ1v) is 7.83. The molecule has 2 aliphatic rings. The normalized spacial score (nSPS) is 31.4. The number of nitrogens with two attached hydrogens (primary N) is 1. The zero-order chi connectivity index (χ0) is 13.0. The van der Waals surface area contributed by atoms with Gasteiger partial charge in [-0.3, -0.25) is 4.90 Å². The van der Waals surface area contributed by atoms with Crippen molar-refractivity contribution < 1.29 is 0 Å². The molecule has 104 valence electrons. The van der Waals surface area contributed by atoms with Gasteiger partial charge in [0, 0.05) is 12.6 Å². The van der Waals surface area contributed by atoms with E-state index < -0.39 is 0 Å². The van der Waals surface area contributed by atoms with E-state index in [1.165, 1.54) is 51.6 Å². The van der Waals surface area contributed by atoms with Crippen LogP contribution in [0.25, 0.3) is 0 Å². The summed E-state index contributed by atoms with van der Waals surface area (Å²) in [6.45, 7) is 3.61. The molecule has 0 radical (unpaired) electrons. The minimum atomic E-state index is 0.364. The van der Waals surface area contributed by atoms with Crippen molar-refractivity contribution in [2.75, 3.05) is 26.7 Å². The van der Waals surface area contributed by atoms with E-state index >= 15 is 0 Å². The predicted molar refractivity (Wildman–Crippen MR) is 80.9 cm³/mol. The van der Waals surface area contributed by atoms with E-state index in [2.05, 4.69) is 16.8 Å². The first kappa shape index (κ1) is 14.2. The number of rotatable bonds is 4. The zero-order valence-electron chi connectivity index (χ0n) is 11.6. The van der Waals surface area contributed by atoms with E-state index in [0.717, 1.165) is 19.0 Å². The smallest absolute Gasteiger partial charge is 0.0902 e. The highest BCUT2D eigenvalue weighted by Crippen LogP contribution is 2.21. The lowest BCUT2D eigenvalue weighted by molar-refractivity contribution is 0.134. The van der Waals surface area contributed by atoms with Crippen molar-refractivity contribution in [1.29, 1.82) is 0 Å². The SMILES string of the molecule is CN1CCCCC1CCN1CCCCC1C(N)=S. The van der Waals surface area contributed by atoms with E-state index in [1.54, 1.807) is 0 Å². The van der Waals surface area contributed by atoms with Crippen molar-refractivity contribution in [3.8, 4) is 0 Å². The van der Waals surface area contributed by atoms with Gasteiger partial charge in [0.05, 0.1) is 11.0 Å². The lowest BCUT2D eigenvalue weighted by Crippen LogP contribution is -2.48. The molecule has 0 amide bonds.